The number of aliphatic hydroxyl groups excluding tert-OH is 1. The molecule has 1 aromatic rings. The van der Waals surface area contributed by atoms with Gasteiger partial charge in [0.1, 0.15) is 5.75 Å². The van der Waals surface area contributed by atoms with E-state index in [1.165, 1.54) is 4.90 Å². The maximum Gasteiger partial charge on any atom is 0.321 e. The van der Waals surface area contributed by atoms with E-state index >= 15 is 0 Å². The van der Waals surface area contributed by atoms with E-state index in [-0.39, 0.29) is 18.7 Å². The van der Waals surface area contributed by atoms with Gasteiger partial charge in [-0.3, -0.25) is 0 Å². The fourth-order valence-electron chi connectivity index (χ4n) is 1.53. The van der Waals surface area contributed by atoms with E-state index in [0.29, 0.717) is 12.3 Å². The molecular formula is C15H24N2O3. The molecule has 0 aliphatic heterocycles. The first kappa shape index (κ1) is 16.3. The number of unbranched alkanes of at least 4 members (excludes halogenated alkanes) is 1. The highest BCUT2D eigenvalue weighted by Gasteiger charge is 2.14. The van der Waals surface area contributed by atoms with Crippen molar-refractivity contribution in [3.05, 3.63) is 24.3 Å². The molecule has 1 atom stereocenters. The number of nitrogens with zero attached hydrogens (tertiary/aromatic N) is 1. The number of urea groups is 1. The molecule has 2 N–H and O–H groups in total. The van der Waals surface area contributed by atoms with Crippen molar-refractivity contribution in [2.75, 3.05) is 25.6 Å². The van der Waals surface area contributed by atoms with Crippen molar-refractivity contribution in [3.8, 4) is 5.75 Å². The molecule has 0 aromatic heterocycles. The SMILES string of the molecule is CCCCOc1cccc(NC(=O)N(C)C(C)CO)c1. The second-order valence-electron chi connectivity index (χ2n) is 4.80. The molecule has 0 radical (unpaired) electrons. The summed E-state index contributed by atoms with van der Waals surface area (Å²) in [5.41, 5.74) is 0.681. The molecule has 1 aromatic carbocycles. The lowest BCUT2D eigenvalue weighted by molar-refractivity contribution is 0.166. The van der Waals surface area contributed by atoms with Gasteiger partial charge in [0.15, 0.2) is 0 Å². The molecule has 0 saturated heterocycles. The first-order valence-corrected chi connectivity index (χ1v) is 6.96. The molecule has 2 amide bonds. The van der Waals surface area contributed by atoms with Crippen LogP contribution in [0.2, 0.25) is 0 Å². The van der Waals surface area contributed by atoms with Crippen LogP contribution >= 0.6 is 0 Å². The topological polar surface area (TPSA) is 61.8 Å². The number of aliphatic hydroxyl groups is 1. The van der Waals surface area contributed by atoms with E-state index in [2.05, 4.69) is 12.2 Å². The Balaban J connectivity index is 2.59. The van der Waals surface area contributed by atoms with Crippen LogP contribution in [0.3, 0.4) is 0 Å². The van der Waals surface area contributed by atoms with Crippen molar-refractivity contribution in [1.29, 1.82) is 0 Å². The van der Waals surface area contributed by atoms with Crippen molar-refractivity contribution in [1.82, 2.24) is 4.90 Å². The van der Waals surface area contributed by atoms with Crippen LogP contribution in [0.1, 0.15) is 26.7 Å². The standard InChI is InChI=1S/C15H24N2O3/c1-4-5-9-20-14-8-6-7-13(10-14)16-15(19)17(3)12(2)11-18/h6-8,10,12,18H,4-5,9,11H2,1-3H3,(H,16,19). The Morgan fingerprint density at radius 1 is 1.50 bits per heavy atom. The number of benzene rings is 1. The lowest BCUT2D eigenvalue weighted by Gasteiger charge is -2.23. The molecule has 0 fully saturated rings. The van der Waals surface area contributed by atoms with Crippen LogP contribution in [-0.4, -0.2) is 42.3 Å². The molecule has 0 heterocycles. The number of nitrogens with one attached hydrogen (secondary N) is 1. The Morgan fingerprint density at radius 3 is 2.90 bits per heavy atom. The highest BCUT2D eigenvalue weighted by molar-refractivity contribution is 5.89. The van der Waals surface area contributed by atoms with Crippen molar-refractivity contribution in [2.45, 2.75) is 32.7 Å². The lowest BCUT2D eigenvalue weighted by atomic mass is 10.3. The van der Waals surface area contributed by atoms with Gasteiger partial charge in [0, 0.05) is 18.8 Å². The Hall–Kier alpha value is -1.75. The average Bonchev–Trinajstić information content (AvgIpc) is 2.46. The molecule has 1 rings (SSSR count). The van der Waals surface area contributed by atoms with Gasteiger partial charge in [-0.15, -0.1) is 0 Å². The molecule has 5 nitrogen and oxygen atoms in total. The maximum absolute atomic E-state index is 11.9. The summed E-state index contributed by atoms with van der Waals surface area (Å²) in [6.07, 6.45) is 2.09. The quantitative estimate of drug-likeness (QED) is 0.755. The van der Waals surface area contributed by atoms with Crippen molar-refractivity contribution >= 4 is 11.7 Å². The molecule has 0 saturated carbocycles. The number of amides is 2. The summed E-state index contributed by atoms with van der Waals surface area (Å²) in [5.74, 6) is 0.745. The molecule has 0 aliphatic rings. The zero-order valence-electron chi connectivity index (χ0n) is 12.4. The van der Waals surface area contributed by atoms with Gasteiger partial charge in [-0.05, 0) is 25.5 Å². The summed E-state index contributed by atoms with van der Waals surface area (Å²) in [6, 6.07) is 6.83. The van der Waals surface area contributed by atoms with E-state index in [1.54, 1.807) is 20.0 Å². The third-order valence-corrected chi connectivity index (χ3v) is 3.10. The Bertz CT molecular complexity index is 423. The number of anilines is 1. The third-order valence-electron chi connectivity index (χ3n) is 3.10. The predicted octanol–water partition coefficient (Wildman–Crippen LogP) is 2.71. The number of hydrogen-bond donors (Lipinski definition) is 2. The van der Waals surface area contributed by atoms with Gasteiger partial charge in [-0.25, -0.2) is 4.79 Å². The Labute approximate surface area is 120 Å². The van der Waals surface area contributed by atoms with Gasteiger partial charge in [0.25, 0.3) is 0 Å². The molecule has 112 valence electrons. The highest BCUT2D eigenvalue weighted by atomic mass is 16.5. The summed E-state index contributed by atoms with van der Waals surface area (Å²) in [4.78, 5) is 13.4. The molecule has 1 unspecified atom stereocenters. The fourth-order valence-corrected chi connectivity index (χ4v) is 1.53. The number of hydrogen-bond acceptors (Lipinski definition) is 3. The normalized spacial score (nSPS) is 11.8. The van der Waals surface area contributed by atoms with Crippen molar-refractivity contribution < 1.29 is 14.6 Å². The number of carbonyl (C=O) groups excluding carboxylic acids is 1. The number of rotatable bonds is 7. The van der Waals surface area contributed by atoms with Crippen LogP contribution in [0.25, 0.3) is 0 Å². The molecule has 0 bridgehead atoms. The zero-order chi connectivity index (χ0) is 15.0. The monoisotopic (exact) mass is 280 g/mol. The van der Waals surface area contributed by atoms with Gasteiger partial charge in [-0.2, -0.15) is 0 Å². The largest absolute Gasteiger partial charge is 0.494 e. The van der Waals surface area contributed by atoms with Crippen LogP contribution in [0, 0.1) is 0 Å². The second kappa shape index (κ2) is 8.43. The van der Waals surface area contributed by atoms with E-state index < -0.39 is 0 Å². The van der Waals surface area contributed by atoms with Gasteiger partial charge >= 0.3 is 6.03 Å². The minimum Gasteiger partial charge on any atom is -0.494 e. The van der Waals surface area contributed by atoms with E-state index in [1.807, 2.05) is 18.2 Å². The average molecular weight is 280 g/mol. The summed E-state index contributed by atoms with van der Waals surface area (Å²) in [6.45, 7) is 4.50. The second-order valence-corrected chi connectivity index (χ2v) is 4.80. The van der Waals surface area contributed by atoms with Crippen LogP contribution in [0.15, 0.2) is 24.3 Å². The lowest BCUT2D eigenvalue weighted by Crippen LogP contribution is -2.40. The molecular weight excluding hydrogens is 256 g/mol. The first-order valence-electron chi connectivity index (χ1n) is 6.96. The van der Waals surface area contributed by atoms with E-state index in [9.17, 15) is 4.79 Å². The smallest absolute Gasteiger partial charge is 0.321 e. The molecule has 0 spiro atoms. The maximum atomic E-state index is 11.9. The van der Waals surface area contributed by atoms with Gasteiger partial charge in [0.05, 0.1) is 19.3 Å². The zero-order valence-corrected chi connectivity index (χ0v) is 12.4. The fraction of sp³-hybridized carbons (Fsp3) is 0.533. The summed E-state index contributed by atoms with van der Waals surface area (Å²) in [7, 11) is 1.65. The number of likely N-dealkylation sites (N-methyl/N-ethyl adjacent to an activating group) is 1. The predicted molar refractivity (Wildman–Crippen MR) is 80.2 cm³/mol. The summed E-state index contributed by atoms with van der Waals surface area (Å²) >= 11 is 0. The minimum atomic E-state index is -0.253. The summed E-state index contributed by atoms with van der Waals surface area (Å²) < 4.78 is 5.59. The summed E-state index contributed by atoms with van der Waals surface area (Å²) in [5, 5.41) is 11.8. The molecule has 5 heteroatoms. The highest BCUT2D eigenvalue weighted by Crippen LogP contribution is 2.18. The minimum absolute atomic E-state index is 0.0654. The molecule has 20 heavy (non-hydrogen) atoms. The van der Waals surface area contributed by atoms with Crippen LogP contribution in [0.4, 0.5) is 10.5 Å². The molecule has 0 aliphatic carbocycles. The van der Waals surface area contributed by atoms with Gasteiger partial charge in [-0.1, -0.05) is 19.4 Å². The van der Waals surface area contributed by atoms with Crippen molar-refractivity contribution in [3.63, 3.8) is 0 Å². The number of ether oxygens (including phenoxy) is 1. The van der Waals surface area contributed by atoms with Gasteiger partial charge < -0.3 is 20.1 Å². The van der Waals surface area contributed by atoms with E-state index in [0.717, 1.165) is 18.6 Å². The van der Waals surface area contributed by atoms with Crippen LogP contribution in [0.5, 0.6) is 5.75 Å². The first-order chi connectivity index (χ1) is 9.58. The van der Waals surface area contributed by atoms with Crippen molar-refractivity contribution in [2.24, 2.45) is 0 Å². The Kier molecular flexibility index (Phi) is 6.87. The van der Waals surface area contributed by atoms with Crippen LogP contribution < -0.4 is 10.1 Å². The van der Waals surface area contributed by atoms with E-state index in [4.69, 9.17) is 9.84 Å². The third kappa shape index (κ3) is 5.09. The Morgan fingerprint density at radius 2 is 2.25 bits per heavy atom. The van der Waals surface area contributed by atoms with Gasteiger partial charge in [0.2, 0.25) is 0 Å². The number of carbonyl (C=O) groups is 1. The van der Waals surface area contributed by atoms with Crippen LogP contribution in [-0.2, 0) is 0 Å².